The van der Waals surface area contributed by atoms with Crippen molar-refractivity contribution in [1.82, 2.24) is 13.7 Å². The van der Waals surface area contributed by atoms with E-state index in [0.29, 0.717) is 11.6 Å². The standard InChI is InChI=1S/C39H15F4N9O2S2/c1-46-22(12-44)28-14-6-18(40)20(42)8-16(14)36(53)30(28)48-26-10-24-32(50(26)3)34-38(55-24)39-35(52(34)5)33-25(56-39)11-27(51(33)4)49-31-29(23(13-45)47-2)15-7-19(41)21(43)9-17(15)37(31)54/h6-11H,3-5H3/b28-22+,29-23?,48-30?,49-31?. The van der Waals surface area contributed by atoms with E-state index in [2.05, 4.69) is 19.7 Å². The molecule has 0 unspecified atom stereocenters. The molecule has 2 aliphatic rings. The van der Waals surface area contributed by atoms with Crippen LogP contribution in [0.4, 0.5) is 29.2 Å². The lowest BCUT2D eigenvalue weighted by Crippen LogP contribution is -2.08. The molecule has 0 fully saturated rings. The minimum atomic E-state index is -1.25. The zero-order chi connectivity index (χ0) is 39.6. The summed E-state index contributed by atoms with van der Waals surface area (Å²) in [4.78, 5) is 42.6. The summed E-state index contributed by atoms with van der Waals surface area (Å²) in [5.74, 6) is -5.92. The Kier molecular flexibility index (Phi) is 7.22. The zero-order valence-corrected chi connectivity index (χ0v) is 30.3. The number of thiophene rings is 2. The molecule has 0 bridgehead atoms. The molecule has 2 aromatic carbocycles. The van der Waals surface area contributed by atoms with Gasteiger partial charge in [-0.1, -0.05) is 0 Å². The minimum absolute atomic E-state index is 0.0915. The molecular weight excluding hydrogens is 767 g/mol. The van der Waals surface area contributed by atoms with Crippen LogP contribution in [-0.4, -0.2) is 36.7 Å². The Morgan fingerprint density at radius 1 is 0.607 bits per heavy atom. The lowest BCUT2D eigenvalue weighted by atomic mass is 10.0. The molecule has 9 rings (SSSR count). The van der Waals surface area contributed by atoms with Crippen LogP contribution in [0.25, 0.3) is 61.7 Å². The number of nitriles is 2. The number of halogens is 4. The summed E-state index contributed by atoms with van der Waals surface area (Å²) in [7, 11) is 5.33. The number of aliphatic imine (C=N–C) groups is 2. The zero-order valence-electron chi connectivity index (χ0n) is 28.6. The van der Waals surface area contributed by atoms with Gasteiger partial charge in [0.2, 0.25) is 11.6 Å². The molecule has 5 heterocycles. The van der Waals surface area contributed by atoms with Crippen molar-refractivity contribution in [2.75, 3.05) is 0 Å². The maximum Gasteiger partial charge on any atom is 0.271 e. The number of carbonyl (C=O) groups excluding carboxylic acids is 2. The van der Waals surface area contributed by atoms with Crippen LogP contribution in [0.3, 0.4) is 0 Å². The third kappa shape index (κ3) is 4.38. The average Bonchev–Trinajstić information content (AvgIpc) is 4.01. The van der Waals surface area contributed by atoms with E-state index >= 15 is 0 Å². The summed E-state index contributed by atoms with van der Waals surface area (Å²) in [6, 6.07) is 10.0. The van der Waals surface area contributed by atoms with Gasteiger partial charge in [-0.3, -0.25) is 9.59 Å². The van der Waals surface area contributed by atoms with Crippen LogP contribution in [0.5, 0.6) is 0 Å². The van der Waals surface area contributed by atoms with Gasteiger partial charge in [0, 0.05) is 55.5 Å². The molecule has 56 heavy (non-hydrogen) atoms. The third-order valence-electron chi connectivity index (χ3n) is 9.94. The molecule has 0 N–H and O–H groups in total. The molecule has 2 aliphatic carbocycles. The smallest absolute Gasteiger partial charge is 0.271 e. The van der Waals surface area contributed by atoms with E-state index in [1.807, 2.05) is 11.6 Å². The van der Waals surface area contributed by atoms with Gasteiger partial charge in [-0.2, -0.15) is 0 Å². The molecule has 0 aliphatic heterocycles. The van der Waals surface area contributed by atoms with Crippen LogP contribution < -0.4 is 0 Å². The van der Waals surface area contributed by atoms with Crippen LogP contribution in [0, 0.1) is 59.1 Å². The molecule has 5 aromatic heterocycles. The fraction of sp³-hybridized carbons (Fsp3) is 0.0769. The van der Waals surface area contributed by atoms with Gasteiger partial charge in [0.15, 0.2) is 23.3 Å². The minimum Gasteiger partial charge on any atom is -0.339 e. The molecule has 0 atom stereocenters. The molecule has 0 spiro atoms. The number of benzene rings is 2. The van der Waals surface area contributed by atoms with Crippen LogP contribution >= 0.6 is 22.7 Å². The summed E-state index contributed by atoms with van der Waals surface area (Å²) in [5.41, 5.74) is 0.632. The van der Waals surface area contributed by atoms with Gasteiger partial charge in [-0.25, -0.2) is 47.8 Å². The maximum atomic E-state index is 14.3. The summed E-state index contributed by atoms with van der Waals surface area (Å²) >= 11 is 2.93. The van der Waals surface area contributed by atoms with Gasteiger partial charge < -0.3 is 13.7 Å². The Balaban J connectivity index is 1.20. The fourth-order valence-electron chi connectivity index (χ4n) is 7.44. The van der Waals surface area contributed by atoms with Crippen molar-refractivity contribution in [2.24, 2.45) is 31.1 Å². The van der Waals surface area contributed by atoms with Crippen LogP contribution in [0.15, 0.2) is 57.8 Å². The van der Waals surface area contributed by atoms with Gasteiger partial charge in [0.25, 0.3) is 11.4 Å². The van der Waals surface area contributed by atoms with Crippen molar-refractivity contribution in [3.63, 3.8) is 0 Å². The second kappa shape index (κ2) is 11.8. The Bertz CT molecular complexity index is 3170. The summed E-state index contributed by atoms with van der Waals surface area (Å²) in [6.45, 7) is 15.0. The predicted octanol–water partition coefficient (Wildman–Crippen LogP) is 9.24. The van der Waals surface area contributed by atoms with E-state index in [1.165, 1.54) is 22.7 Å². The number of carbonyl (C=O) groups is 2. The van der Waals surface area contributed by atoms with Crippen LogP contribution in [0.2, 0.25) is 0 Å². The quantitative estimate of drug-likeness (QED) is 0.0984. The highest BCUT2D eigenvalue weighted by atomic mass is 32.1. The van der Waals surface area contributed by atoms with Crippen molar-refractivity contribution >= 4 is 109 Å². The number of nitrogens with zero attached hydrogens (tertiary/aromatic N) is 9. The second-order valence-electron chi connectivity index (χ2n) is 12.8. The summed E-state index contributed by atoms with van der Waals surface area (Å²) < 4.78 is 66.0. The Morgan fingerprint density at radius 2 is 0.964 bits per heavy atom. The number of fused-ring (bicyclic) bond motifs is 9. The van der Waals surface area contributed by atoms with Crippen molar-refractivity contribution in [3.05, 3.63) is 116 Å². The number of hydrogen-bond donors (Lipinski definition) is 0. The van der Waals surface area contributed by atoms with E-state index in [4.69, 9.17) is 13.1 Å². The molecule has 0 saturated carbocycles. The first-order chi connectivity index (χ1) is 26.8. The summed E-state index contributed by atoms with van der Waals surface area (Å²) in [6.07, 6.45) is 0. The number of hydrogen-bond acceptors (Lipinski definition) is 8. The van der Waals surface area contributed by atoms with Gasteiger partial charge >= 0.3 is 0 Å². The first kappa shape index (κ1) is 34.3. The first-order valence-electron chi connectivity index (χ1n) is 16.1. The number of rotatable bonds is 2. The third-order valence-corrected chi connectivity index (χ3v) is 12.3. The lowest BCUT2D eigenvalue weighted by molar-refractivity contribution is 0.106. The lowest BCUT2D eigenvalue weighted by Gasteiger charge is -2.05. The van der Waals surface area contributed by atoms with E-state index in [9.17, 15) is 37.7 Å². The molecule has 7 aromatic rings. The monoisotopic (exact) mass is 781 g/mol. The van der Waals surface area contributed by atoms with Gasteiger partial charge in [-0.05, 0) is 35.4 Å². The van der Waals surface area contributed by atoms with E-state index in [1.54, 1.807) is 47.5 Å². The number of ketones is 2. The Morgan fingerprint density at radius 3 is 1.30 bits per heavy atom. The van der Waals surface area contributed by atoms with Gasteiger partial charge in [0.1, 0.15) is 23.1 Å². The molecule has 0 saturated heterocycles. The van der Waals surface area contributed by atoms with E-state index < -0.39 is 46.2 Å². The molecule has 17 heteroatoms. The fourth-order valence-corrected chi connectivity index (χ4v) is 10.2. The molecule has 268 valence electrons. The Hall–Kier alpha value is -7.44. The Labute approximate surface area is 319 Å². The highest BCUT2D eigenvalue weighted by Crippen LogP contribution is 2.49. The first-order valence-corrected chi connectivity index (χ1v) is 17.7. The molecule has 11 nitrogen and oxygen atoms in total. The second-order valence-corrected chi connectivity index (χ2v) is 14.9. The maximum absolute atomic E-state index is 14.3. The topological polar surface area (TPSA) is 130 Å². The predicted molar refractivity (Wildman–Crippen MR) is 203 cm³/mol. The SMILES string of the molecule is [C-]#[N+]C(C#N)=C1C(=Nc2cc3sc4c5sc6cc(N=C7C(=O)c8cc(F)c(F)cc8/C7=C(/C#N)[N+]#[C-])n(C)c6c5n(C)c4c3n2C)C(=O)c2cc(F)c(F)cc21. The van der Waals surface area contributed by atoms with Crippen molar-refractivity contribution < 1.29 is 27.2 Å². The number of aryl methyl sites for hydroxylation is 3. The van der Waals surface area contributed by atoms with Crippen molar-refractivity contribution in [1.29, 1.82) is 10.5 Å². The number of allylic oxidation sites excluding steroid dienone is 4. The van der Waals surface area contributed by atoms with Crippen molar-refractivity contribution in [3.8, 4) is 12.1 Å². The highest BCUT2D eigenvalue weighted by molar-refractivity contribution is 7.33. The largest absolute Gasteiger partial charge is 0.339 e. The van der Waals surface area contributed by atoms with Gasteiger partial charge in [0.05, 0.1) is 66.1 Å². The number of Topliss-reactive ketones (excluding diaryl/α,β-unsaturated/α-hetero) is 2. The molecular formula is C39H15F4N9O2S2. The van der Waals surface area contributed by atoms with E-state index in [-0.39, 0.29) is 44.8 Å². The van der Waals surface area contributed by atoms with Gasteiger partial charge in [-0.15, -0.1) is 22.7 Å². The van der Waals surface area contributed by atoms with Crippen molar-refractivity contribution in [2.45, 2.75) is 0 Å². The average molecular weight is 782 g/mol. The van der Waals surface area contributed by atoms with E-state index in [0.717, 1.165) is 65.1 Å². The summed E-state index contributed by atoms with van der Waals surface area (Å²) in [5, 5.41) is 19.4. The molecule has 0 amide bonds. The van der Waals surface area contributed by atoms with Crippen LogP contribution in [-0.2, 0) is 21.1 Å². The van der Waals surface area contributed by atoms with Crippen LogP contribution in [0.1, 0.15) is 31.8 Å². The molecule has 0 radical (unpaired) electrons. The number of aromatic nitrogens is 3. The normalized spacial score (nSPS) is 17.0. The highest BCUT2D eigenvalue weighted by Gasteiger charge is 2.38.